The predicted octanol–water partition coefficient (Wildman–Crippen LogP) is 2.83. The highest BCUT2D eigenvalue weighted by Crippen LogP contribution is 2.39. The summed E-state index contributed by atoms with van der Waals surface area (Å²) in [5.74, 6) is -0.735. The number of halogens is 1. The highest BCUT2D eigenvalue weighted by Gasteiger charge is 2.24. The standard InChI is InChI=1S/C10H9ClO2S/c11-7-1-2-9-6(3-7)4-8(14-9)5-10(12)13/h1-3,8H,4-5H2,(H,12,13). The molecular weight excluding hydrogens is 220 g/mol. The van der Waals surface area contributed by atoms with E-state index in [1.54, 1.807) is 11.8 Å². The minimum absolute atomic E-state index is 0.168. The number of carboxylic acid groups (broad SMARTS) is 1. The van der Waals surface area contributed by atoms with Crippen molar-refractivity contribution >= 4 is 29.3 Å². The number of benzene rings is 1. The number of carbonyl (C=O) groups is 1. The van der Waals surface area contributed by atoms with E-state index in [4.69, 9.17) is 16.7 Å². The summed E-state index contributed by atoms with van der Waals surface area (Å²) in [4.78, 5) is 11.7. The van der Waals surface area contributed by atoms with Crippen molar-refractivity contribution in [3.8, 4) is 0 Å². The van der Waals surface area contributed by atoms with Crippen molar-refractivity contribution in [2.75, 3.05) is 0 Å². The van der Waals surface area contributed by atoms with E-state index in [0.717, 1.165) is 11.4 Å². The molecule has 1 unspecified atom stereocenters. The second-order valence-electron chi connectivity index (χ2n) is 3.29. The Hall–Kier alpha value is -0.670. The monoisotopic (exact) mass is 228 g/mol. The molecule has 0 aromatic heterocycles. The van der Waals surface area contributed by atoms with Gasteiger partial charge in [0.2, 0.25) is 0 Å². The summed E-state index contributed by atoms with van der Waals surface area (Å²) in [6, 6.07) is 5.73. The van der Waals surface area contributed by atoms with E-state index in [9.17, 15) is 4.79 Å². The van der Waals surface area contributed by atoms with E-state index in [2.05, 4.69) is 0 Å². The quantitative estimate of drug-likeness (QED) is 0.846. The lowest BCUT2D eigenvalue weighted by atomic mass is 10.1. The molecule has 2 rings (SSSR count). The molecule has 74 valence electrons. The Labute approximate surface area is 91.3 Å². The second kappa shape index (κ2) is 3.83. The zero-order valence-corrected chi connectivity index (χ0v) is 8.94. The van der Waals surface area contributed by atoms with Gasteiger partial charge in [0.05, 0.1) is 6.42 Å². The molecule has 0 saturated heterocycles. The van der Waals surface area contributed by atoms with Crippen LogP contribution < -0.4 is 0 Å². The first-order valence-corrected chi connectivity index (χ1v) is 5.58. The smallest absolute Gasteiger partial charge is 0.304 e. The maximum absolute atomic E-state index is 10.5. The van der Waals surface area contributed by atoms with Crippen LogP contribution in [-0.2, 0) is 11.2 Å². The lowest BCUT2D eigenvalue weighted by Crippen LogP contribution is -2.08. The van der Waals surface area contributed by atoms with E-state index in [0.29, 0.717) is 0 Å². The van der Waals surface area contributed by atoms with Crippen LogP contribution >= 0.6 is 23.4 Å². The van der Waals surface area contributed by atoms with Crippen LogP contribution in [0, 0.1) is 0 Å². The van der Waals surface area contributed by atoms with Crippen LogP contribution in [0.2, 0.25) is 5.02 Å². The van der Waals surface area contributed by atoms with Crippen molar-refractivity contribution in [3.05, 3.63) is 28.8 Å². The summed E-state index contributed by atoms with van der Waals surface area (Å²) in [6.07, 6.45) is 1.03. The summed E-state index contributed by atoms with van der Waals surface area (Å²) >= 11 is 7.48. The van der Waals surface area contributed by atoms with Gasteiger partial charge in [-0.15, -0.1) is 11.8 Å². The predicted molar refractivity (Wildman–Crippen MR) is 57.1 cm³/mol. The number of thioether (sulfide) groups is 1. The number of aliphatic carboxylic acids is 1. The van der Waals surface area contributed by atoms with Gasteiger partial charge in [0.15, 0.2) is 0 Å². The van der Waals surface area contributed by atoms with Crippen molar-refractivity contribution in [2.24, 2.45) is 0 Å². The van der Waals surface area contributed by atoms with Crippen LogP contribution in [0.4, 0.5) is 0 Å². The summed E-state index contributed by atoms with van der Waals surface area (Å²) in [5.41, 5.74) is 1.17. The molecule has 4 heteroatoms. The fraction of sp³-hybridized carbons (Fsp3) is 0.300. The Bertz CT molecular complexity index is 378. The molecule has 0 spiro atoms. The number of carboxylic acids is 1. The minimum atomic E-state index is -0.735. The summed E-state index contributed by atoms with van der Waals surface area (Å²) < 4.78 is 0. The first-order valence-electron chi connectivity index (χ1n) is 4.32. The Balaban J connectivity index is 2.14. The average Bonchev–Trinajstić information content (AvgIpc) is 2.44. The largest absolute Gasteiger partial charge is 0.481 e. The van der Waals surface area contributed by atoms with E-state index in [1.165, 1.54) is 10.5 Å². The molecule has 1 N–H and O–H groups in total. The van der Waals surface area contributed by atoms with Gasteiger partial charge in [0, 0.05) is 15.2 Å². The zero-order chi connectivity index (χ0) is 10.1. The van der Waals surface area contributed by atoms with Gasteiger partial charge in [-0.05, 0) is 30.2 Å². The fourth-order valence-electron chi connectivity index (χ4n) is 1.60. The van der Waals surface area contributed by atoms with E-state index < -0.39 is 5.97 Å². The van der Waals surface area contributed by atoms with Gasteiger partial charge in [-0.2, -0.15) is 0 Å². The van der Waals surface area contributed by atoms with Crippen LogP contribution in [0.5, 0.6) is 0 Å². The number of fused-ring (bicyclic) bond motifs is 1. The van der Waals surface area contributed by atoms with Crippen molar-refractivity contribution in [1.82, 2.24) is 0 Å². The molecule has 14 heavy (non-hydrogen) atoms. The highest BCUT2D eigenvalue weighted by molar-refractivity contribution is 8.00. The Kier molecular flexibility index (Phi) is 2.70. The zero-order valence-electron chi connectivity index (χ0n) is 7.37. The Morgan fingerprint density at radius 1 is 1.64 bits per heavy atom. The first kappa shape index (κ1) is 9.87. The molecule has 1 aromatic carbocycles. The fourth-order valence-corrected chi connectivity index (χ4v) is 3.08. The lowest BCUT2D eigenvalue weighted by Gasteiger charge is -2.02. The molecule has 0 saturated carbocycles. The first-order chi connectivity index (χ1) is 6.65. The molecule has 0 radical (unpaired) electrons. The van der Waals surface area contributed by atoms with Gasteiger partial charge in [0.1, 0.15) is 0 Å². The number of hydrogen-bond donors (Lipinski definition) is 1. The third kappa shape index (κ3) is 2.04. The third-order valence-corrected chi connectivity index (χ3v) is 3.72. The van der Waals surface area contributed by atoms with Crippen molar-refractivity contribution in [2.45, 2.75) is 23.0 Å². The molecule has 1 atom stereocenters. The molecule has 2 nitrogen and oxygen atoms in total. The van der Waals surface area contributed by atoms with Gasteiger partial charge in [-0.1, -0.05) is 11.6 Å². The van der Waals surface area contributed by atoms with Crippen LogP contribution in [0.3, 0.4) is 0 Å². The van der Waals surface area contributed by atoms with Gasteiger partial charge in [-0.25, -0.2) is 0 Å². The maximum Gasteiger partial charge on any atom is 0.304 e. The molecule has 0 aliphatic carbocycles. The molecule has 0 fully saturated rings. The topological polar surface area (TPSA) is 37.3 Å². The van der Waals surface area contributed by atoms with Crippen LogP contribution in [0.1, 0.15) is 12.0 Å². The Morgan fingerprint density at radius 3 is 3.14 bits per heavy atom. The summed E-state index contributed by atoms with van der Waals surface area (Å²) in [7, 11) is 0. The van der Waals surface area contributed by atoms with Gasteiger partial charge in [-0.3, -0.25) is 4.79 Å². The van der Waals surface area contributed by atoms with E-state index >= 15 is 0 Å². The SMILES string of the molecule is O=C(O)CC1Cc2cc(Cl)ccc2S1. The number of rotatable bonds is 2. The second-order valence-corrected chi connectivity index (χ2v) is 5.07. The van der Waals surface area contributed by atoms with Crippen molar-refractivity contribution in [1.29, 1.82) is 0 Å². The van der Waals surface area contributed by atoms with Gasteiger partial charge in [0.25, 0.3) is 0 Å². The molecule has 1 aromatic rings. The van der Waals surface area contributed by atoms with Crippen molar-refractivity contribution < 1.29 is 9.90 Å². The third-order valence-electron chi connectivity index (χ3n) is 2.17. The van der Waals surface area contributed by atoms with Gasteiger partial charge >= 0.3 is 5.97 Å². The van der Waals surface area contributed by atoms with E-state index in [1.807, 2.05) is 18.2 Å². The minimum Gasteiger partial charge on any atom is -0.481 e. The van der Waals surface area contributed by atoms with Gasteiger partial charge < -0.3 is 5.11 Å². The summed E-state index contributed by atoms with van der Waals surface area (Å²) in [6.45, 7) is 0. The average molecular weight is 229 g/mol. The van der Waals surface area contributed by atoms with Crippen LogP contribution in [0.15, 0.2) is 23.1 Å². The normalized spacial score (nSPS) is 19.4. The molecule has 1 aliphatic rings. The highest BCUT2D eigenvalue weighted by atomic mass is 35.5. The van der Waals surface area contributed by atoms with Crippen LogP contribution in [-0.4, -0.2) is 16.3 Å². The lowest BCUT2D eigenvalue weighted by molar-refractivity contribution is -0.136. The Morgan fingerprint density at radius 2 is 2.43 bits per heavy atom. The van der Waals surface area contributed by atoms with E-state index in [-0.39, 0.29) is 11.7 Å². The molecule has 0 bridgehead atoms. The maximum atomic E-state index is 10.5. The number of hydrogen-bond acceptors (Lipinski definition) is 2. The molecular formula is C10H9ClO2S. The van der Waals surface area contributed by atoms with Crippen molar-refractivity contribution in [3.63, 3.8) is 0 Å². The molecule has 1 aliphatic heterocycles. The van der Waals surface area contributed by atoms with Crippen LogP contribution in [0.25, 0.3) is 0 Å². The molecule has 1 heterocycles. The molecule has 0 amide bonds. The summed E-state index contributed by atoms with van der Waals surface area (Å²) in [5, 5.41) is 9.56.